The third-order valence-corrected chi connectivity index (χ3v) is 8.63. The van der Waals surface area contributed by atoms with E-state index in [2.05, 4.69) is 10.2 Å². The SMILES string of the molecule is CCOc1ccc(C2/C(=C(\O)c3ccccc3)C(=O)C(=O)N2c2nnc(SCc3ccc(Cl)cc3)s2)cc1OCC. The third kappa shape index (κ3) is 6.09. The van der Waals surface area contributed by atoms with Crippen LogP contribution in [0.1, 0.15) is 36.6 Å². The molecule has 0 aliphatic carbocycles. The number of thioether (sulfide) groups is 1. The van der Waals surface area contributed by atoms with Crippen molar-refractivity contribution in [1.29, 1.82) is 0 Å². The lowest BCUT2D eigenvalue weighted by molar-refractivity contribution is -0.132. The summed E-state index contributed by atoms with van der Waals surface area (Å²) in [6.07, 6.45) is 0. The molecular weight excluding hydrogens is 582 g/mol. The summed E-state index contributed by atoms with van der Waals surface area (Å²) in [5.41, 5.74) is 1.98. The van der Waals surface area contributed by atoms with Gasteiger partial charge >= 0.3 is 5.91 Å². The van der Waals surface area contributed by atoms with Crippen LogP contribution < -0.4 is 14.4 Å². The molecule has 5 rings (SSSR count). The van der Waals surface area contributed by atoms with Crippen LogP contribution in [0.25, 0.3) is 5.76 Å². The number of ether oxygens (including phenoxy) is 2. The number of hydrogen-bond acceptors (Lipinski definition) is 9. The maximum absolute atomic E-state index is 13.5. The minimum atomic E-state index is -0.966. The number of halogens is 1. The number of Topliss-reactive ketones (excluding diaryl/α,β-unsaturated/α-hetero) is 1. The molecule has 1 aliphatic heterocycles. The lowest BCUT2D eigenvalue weighted by atomic mass is 9.95. The summed E-state index contributed by atoms with van der Waals surface area (Å²) in [4.78, 5) is 28.3. The van der Waals surface area contributed by atoms with E-state index in [-0.39, 0.29) is 16.5 Å². The Balaban J connectivity index is 1.57. The van der Waals surface area contributed by atoms with Crippen molar-refractivity contribution in [3.63, 3.8) is 0 Å². The molecule has 0 saturated carbocycles. The topological polar surface area (TPSA) is 102 Å². The highest BCUT2D eigenvalue weighted by atomic mass is 35.5. The van der Waals surface area contributed by atoms with Gasteiger partial charge in [-0.25, -0.2) is 0 Å². The Morgan fingerprint density at radius 3 is 2.39 bits per heavy atom. The molecule has 3 aromatic carbocycles. The van der Waals surface area contributed by atoms with E-state index in [0.717, 1.165) is 5.56 Å². The molecule has 1 N–H and O–H groups in total. The number of nitrogens with zero attached hydrogens (tertiary/aromatic N) is 3. The zero-order valence-corrected chi connectivity index (χ0v) is 24.6. The van der Waals surface area contributed by atoms with Gasteiger partial charge in [0.25, 0.3) is 5.78 Å². The minimum Gasteiger partial charge on any atom is -0.507 e. The first-order valence-electron chi connectivity index (χ1n) is 12.9. The number of aromatic nitrogens is 2. The van der Waals surface area contributed by atoms with Crippen LogP contribution in [-0.2, 0) is 15.3 Å². The van der Waals surface area contributed by atoms with Crippen LogP contribution in [0, 0.1) is 0 Å². The van der Waals surface area contributed by atoms with Gasteiger partial charge in [0.05, 0.1) is 24.8 Å². The van der Waals surface area contributed by atoms with Gasteiger partial charge in [-0.3, -0.25) is 14.5 Å². The Kier molecular flexibility index (Phi) is 8.92. The van der Waals surface area contributed by atoms with E-state index in [1.807, 2.05) is 38.1 Å². The van der Waals surface area contributed by atoms with Crippen LogP contribution in [-0.4, -0.2) is 40.2 Å². The van der Waals surface area contributed by atoms with Crippen molar-refractivity contribution in [3.8, 4) is 11.5 Å². The Morgan fingerprint density at radius 1 is 0.976 bits per heavy atom. The summed E-state index contributed by atoms with van der Waals surface area (Å²) >= 11 is 8.65. The van der Waals surface area contributed by atoms with Gasteiger partial charge in [-0.05, 0) is 49.2 Å². The number of carbonyl (C=O) groups excluding carboxylic acids is 2. The molecule has 1 atom stereocenters. The van der Waals surface area contributed by atoms with E-state index in [0.29, 0.717) is 51.0 Å². The number of benzene rings is 3. The standard InChI is InChI=1S/C30H26ClN3O5S2/c1-3-38-22-15-12-20(16-23(22)39-4-2)25-24(26(35)19-8-6-5-7-9-19)27(36)28(37)34(25)29-32-33-30(41-29)40-17-18-10-13-21(31)14-11-18/h5-16,25,35H,3-4,17H2,1-2H3/b26-24+. The first kappa shape index (κ1) is 28.7. The van der Waals surface area contributed by atoms with Gasteiger partial charge in [0.2, 0.25) is 5.13 Å². The quantitative estimate of drug-likeness (QED) is 0.0682. The van der Waals surface area contributed by atoms with Crippen molar-refractivity contribution < 1.29 is 24.2 Å². The van der Waals surface area contributed by atoms with E-state index in [4.69, 9.17) is 21.1 Å². The molecule has 11 heteroatoms. The smallest absolute Gasteiger partial charge is 0.301 e. The lowest BCUT2D eigenvalue weighted by Crippen LogP contribution is -2.29. The molecule has 1 aliphatic rings. The number of carbonyl (C=O) groups is 2. The molecular formula is C30H26ClN3O5S2. The minimum absolute atomic E-state index is 0.0432. The van der Waals surface area contributed by atoms with Crippen LogP contribution in [0.15, 0.2) is 82.7 Å². The fourth-order valence-corrected chi connectivity index (χ4v) is 6.37. The summed E-state index contributed by atoms with van der Waals surface area (Å²) in [7, 11) is 0. The predicted octanol–water partition coefficient (Wildman–Crippen LogP) is 6.91. The fraction of sp³-hybridized carbons (Fsp3) is 0.200. The Labute approximate surface area is 250 Å². The Hall–Kier alpha value is -3.86. The molecule has 1 amide bonds. The van der Waals surface area contributed by atoms with Crippen LogP contribution in [0.5, 0.6) is 11.5 Å². The highest BCUT2D eigenvalue weighted by Crippen LogP contribution is 2.45. The predicted molar refractivity (Wildman–Crippen MR) is 161 cm³/mol. The molecule has 1 unspecified atom stereocenters. The van der Waals surface area contributed by atoms with Gasteiger partial charge in [0, 0.05) is 16.3 Å². The van der Waals surface area contributed by atoms with E-state index >= 15 is 0 Å². The molecule has 210 valence electrons. The molecule has 0 spiro atoms. The first-order valence-corrected chi connectivity index (χ1v) is 15.1. The summed E-state index contributed by atoms with van der Waals surface area (Å²) in [5, 5.41) is 20.8. The van der Waals surface area contributed by atoms with Crippen molar-refractivity contribution in [3.05, 3.63) is 100 Å². The normalized spacial score (nSPS) is 16.3. The van der Waals surface area contributed by atoms with Crippen LogP contribution >= 0.6 is 34.7 Å². The zero-order chi connectivity index (χ0) is 28.9. The number of anilines is 1. The van der Waals surface area contributed by atoms with Crippen LogP contribution in [0.4, 0.5) is 5.13 Å². The molecule has 8 nitrogen and oxygen atoms in total. The second kappa shape index (κ2) is 12.8. The molecule has 2 heterocycles. The van der Waals surface area contributed by atoms with Crippen molar-refractivity contribution >= 4 is 57.3 Å². The molecule has 0 radical (unpaired) electrons. The van der Waals surface area contributed by atoms with E-state index < -0.39 is 17.7 Å². The number of amides is 1. The fourth-order valence-electron chi connectivity index (χ4n) is 4.42. The maximum Gasteiger partial charge on any atom is 0.301 e. The summed E-state index contributed by atoms with van der Waals surface area (Å²) in [5.74, 6) is -0.259. The van der Waals surface area contributed by atoms with E-state index in [9.17, 15) is 14.7 Å². The maximum atomic E-state index is 13.5. The Morgan fingerprint density at radius 2 is 1.68 bits per heavy atom. The number of hydrogen-bond donors (Lipinski definition) is 1. The number of aliphatic hydroxyl groups excluding tert-OH is 1. The van der Waals surface area contributed by atoms with Gasteiger partial charge in [0.1, 0.15) is 5.76 Å². The molecule has 41 heavy (non-hydrogen) atoms. The average molecular weight is 608 g/mol. The number of aliphatic hydroxyl groups is 1. The van der Waals surface area contributed by atoms with Crippen molar-refractivity contribution in [2.45, 2.75) is 30.0 Å². The number of ketones is 1. The average Bonchev–Trinajstić information content (AvgIpc) is 3.56. The zero-order valence-electron chi connectivity index (χ0n) is 22.2. The second-order valence-electron chi connectivity index (χ2n) is 8.87. The second-order valence-corrected chi connectivity index (χ2v) is 11.5. The van der Waals surface area contributed by atoms with Gasteiger partial charge in [-0.15, -0.1) is 10.2 Å². The Bertz CT molecular complexity index is 1590. The highest BCUT2D eigenvalue weighted by Gasteiger charge is 2.48. The van der Waals surface area contributed by atoms with Crippen molar-refractivity contribution in [2.75, 3.05) is 18.1 Å². The van der Waals surface area contributed by atoms with E-state index in [1.54, 1.807) is 48.5 Å². The summed E-state index contributed by atoms with van der Waals surface area (Å²) in [6.45, 7) is 4.55. The largest absolute Gasteiger partial charge is 0.507 e. The molecule has 1 saturated heterocycles. The van der Waals surface area contributed by atoms with Gasteiger partial charge in [-0.2, -0.15) is 0 Å². The molecule has 4 aromatic rings. The molecule has 1 aromatic heterocycles. The summed E-state index contributed by atoms with van der Waals surface area (Å²) in [6, 6.07) is 20.4. The highest BCUT2D eigenvalue weighted by molar-refractivity contribution is 8.00. The van der Waals surface area contributed by atoms with Crippen LogP contribution in [0.2, 0.25) is 5.02 Å². The van der Waals surface area contributed by atoms with Gasteiger partial charge in [0.15, 0.2) is 15.8 Å². The summed E-state index contributed by atoms with van der Waals surface area (Å²) < 4.78 is 12.2. The van der Waals surface area contributed by atoms with Crippen molar-refractivity contribution in [2.24, 2.45) is 0 Å². The monoisotopic (exact) mass is 607 g/mol. The van der Waals surface area contributed by atoms with Crippen molar-refractivity contribution in [1.82, 2.24) is 10.2 Å². The van der Waals surface area contributed by atoms with E-state index in [1.165, 1.54) is 28.0 Å². The van der Waals surface area contributed by atoms with Gasteiger partial charge < -0.3 is 14.6 Å². The number of rotatable bonds is 10. The lowest BCUT2D eigenvalue weighted by Gasteiger charge is -2.23. The third-order valence-electron chi connectivity index (χ3n) is 6.25. The molecule has 0 bridgehead atoms. The van der Waals surface area contributed by atoms with Crippen LogP contribution in [0.3, 0.4) is 0 Å². The van der Waals surface area contributed by atoms with Gasteiger partial charge in [-0.1, -0.05) is 83.2 Å². The molecule has 1 fully saturated rings. The first-order chi connectivity index (χ1) is 19.9.